The van der Waals surface area contributed by atoms with Crippen molar-refractivity contribution in [3.05, 3.63) is 47.5 Å². The van der Waals surface area contributed by atoms with Gasteiger partial charge in [-0.3, -0.25) is 4.90 Å². The molecule has 3 rings (SSSR count). The third kappa shape index (κ3) is 2.54. The van der Waals surface area contributed by atoms with Crippen LogP contribution in [0.2, 0.25) is 0 Å². The van der Waals surface area contributed by atoms with E-state index in [1.165, 1.54) is 0 Å². The first-order chi connectivity index (χ1) is 9.76. The number of nitriles is 1. The molecule has 1 aromatic carbocycles. The fraction of sp³-hybridized carbons (Fsp3) is 0.357. The molecule has 0 amide bonds. The van der Waals surface area contributed by atoms with Crippen LogP contribution in [-0.4, -0.2) is 37.9 Å². The maximum absolute atomic E-state index is 10.3. The third-order valence-electron chi connectivity index (χ3n) is 3.57. The van der Waals surface area contributed by atoms with Crippen molar-refractivity contribution in [3.63, 3.8) is 0 Å². The SMILES string of the molecule is N#Cc1ccc(C(O)CN2CCn3cnnc3C2)cc1. The van der Waals surface area contributed by atoms with Gasteiger partial charge in [0.1, 0.15) is 12.2 Å². The molecule has 1 atom stereocenters. The van der Waals surface area contributed by atoms with Crippen LogP contribution in [0.5, 0.6) is 0 Å². The van der Waals surface area contributed by atoms with Gasteiger partial charge in [0, 0.05) is 19.6 Å². The molecule has 2 heterocycles. The summed E-state index contributed by atoms with van der Waals surface area (Å²) in [5, 5.41) is 27.0. The molecule has 20 heavy (non-hydrogen) atoms. The highest BCUT2D eigenvalue weighted by Gasteiger charge is 2.20. The fourth-order valence-corrected chi connectivity index (χ4v) is 2.40. The van der Waals surface area contributed by atoms with Gasteiger partial charge in [-0.1, -0.05) is 12.1 Å². The van der Waals surface area contributed by atoms with Crippen molar-refractivity contribution >= 4 is 0 Å². The van der Waals surface area contributed by atoms with Gasteiger partial charge < -0.3 is 9.67 Å². The van der Waals surface area contributed by atoms with Gasteiger partial charge in [-0.2, -0.15) is 5.26 Å². The van der Waals surface area contributed by atoms with E-state index in [1.807, 2.05) is 4.57 Å². The van der Waals surface area contributed by atoms with Crippen molar-refractivity contribution in [1.82, 2.24) is 19.7 Å². The maximum atomic E-state index is 10.3. The molecule has 6 heteroatoms. The van der Waals surface area contributed by atoms with Gasteiger partial charge in [0.25, 0.3) is 0 Å². The van der Waals surface area contributed by atoms with Crippen molar-refractivity contribution in [1.29, 1.82) is 5.26 Å². The molecular formula is C14H15N5O. The molecule has 1 aliphatic rings. The van der Waals surface area contributed by atoms with E-state index in [2.05, 4.69) is 21.2 Å². The van der Waals surface area contributed by atoms with E-state index in [0.29, 0.717) is 18.7 Å². The summed E-state index contributed by atoms with van der Waals surface area (Å²) < 4.78 is 2.03. The van der Waals surface area contributed by atoms with Crippen molar-refractivity contribution in [2.24, 2.45) is 0 Å². The molecule has 0 spiro atoms. The standard InChI is InChI=1S/C14H15N5O/c15-7-11-1-3-12(4-2-11)13(20)8-18-5-6-19-10-16-17-14(19)9-18/h1-4,10,13,20H,5-6,8-9H2. The van der Waals surface area contributed by atoms with Gasteiger partial charge >= 0.3 is 0 Å². The molecule has 102 valence electrons. The summed E-state index contributed by atoms with van der Waals surface area (Å²) in [6.07, 6.45) is 1.18. The Balaban J connectivity index is 1.64. The Morgan fingerprint density at radius 1 is 1.30 bits per heavy atom. The molecule has 1 N–H and O–H groups in total. The highest BCUT2D eigenvalue weighted by molar-refractivity contribution is 5.32. The zero-order valence-electron chi connectivity index (χ0n) is 11.0. The molecule has 1 unspecified atom stereocenters. The van der Waals surface area contributed by atoms with Crippen LogP contribution >= 0.6 is 0 Å². The minimum atomic E-state index is -0.558. The van der Waals surface area contributed by atoms with E-state index in [4.69, 9.17) is 5.26 Å². The Kier molecular flexibility index (Phi) is 3.46. The molecule has 0 radical (unpaired) electrons. The van der Waals surface area contributed by atoms with E-state index >= 15 is 0 Å². The topological polar surface area (TPSA) is 78.0 Å². The van der Waals surface area contributed by atoms with Gasteiger partial charge in [0.15, 0.2) is 0 Å². The summed E-state index contributed by atoms with van der Waals surface area (Å²) in [6, 6.07) is 9.13. The molecule has 0 aliphatic carbocycles. The summed E-state index contributed by atoms with van der Waals surface area (Å²) in [5.41, 5.74) is 1.43. The van der Waals surface area contributed by atoms with Crippen LogP contribution in [0.15, 0.2) is 30.6 Å². The Labute approximate surface area is 116 Å². The van der Waals surface area contributed by atoms with Crippen LogP contribution in [0.25, 0.3) is 0 Å². The predicted molar refractivity (Wildman–Crippen MR) is 71.4 cm³/mol. The average molecular weight is 269 g/mol. The number of rotatable bonds is 3. The van der Waals surface area contributed by atoms with Crippen molar-refractivity contribution in [2.75, 3.05) is 13.1 Å². The Morgan fingerprint density at radius 2 is 2.10 bits per heavy atom. The van der Waals surface area contributed by atoms with Crippen molar-refractivity contribution < 1.29 is 5.11 Å². The number of fused-ring (bicyclic) bond motifs is 1. The summed E-state index contributed by atoms with van der Waals surface area (Å²) >= 11 is 0. The summed E-state index contributed by atoms with van der Waals surface area (Å²) in [5.74, 6) is 0.934. The minimum absolute atomic E-state index is 0.554. The first kappa shape index (κ1) is 12.8. The number of nitrogens with zero attached hydrogens (tertiary/aromatic N) is 5. The average Bonchev–Trinajstić information content (AvgIpc) is 2.95. The lowest BCUT2D eigenvalue weighted by Crippen LogP contribution is -2.36. The summed E-state index contributed by atoms with van der Waals surface area (Å²) in [6.45, 7) is 2.98. The monoisotopic (exact) mass is 269 g/mol. The Morgan fingerprint density at radius 3 is 2.85 bits per heavy atom. The smallest absolute Gasteiger partial charge is 0.147 e. The lowest BCUT2D eigenvalue weighted by atomic mass is 10.1. The largest absolute Gasteiger partial charge is 0.387 e. The predicted octanol–water partition coefficient (Wildman–Crippen LogP) is 0.699. The quantitative estimate of drug-likeness (QED) is 0.887. The number of hydrogen-bond donors (Lipinski definition) is 1. The highest BCUT2D eigenvalue weighted by Crippen LogP contribution is 2.18. The number of benzene rings is 1. The van der Waals surface area contributed by atoms with Crippen LogP contribution in [-0.2, 0) is 13.1 Å². The van der Waals surface area contributed by atoms with Crippen molar-refractivity contribution in [2.45, 2.75) is 19.2 Å². The highest BCUT2D eigenvalue weighted by atomic mass is 16.3. The van der Waals surface area contributed by atoms with Gasteiger partial charge in [0.2, 0.25) is 0 Å². The minimum Gasteiger partial charge on any atom is -0.387 e. The normalized spacial score (nSPS) is 16.4. The zero-order chi connectivity index (χ0) is 13.9. The molecule has 1 aliphatic heterocycles. The lowest BCUT2D eigenvalue weighted by Gasteiger charge is -2.28. The molecule has 1 aromatic heterocycles. The van der Waals surface area contributed by atoms with E-state index in [0.717, 1.165) is 24.5 Å². The van der Waals surface area contributed by atoms with Crippen LogP contribution < -0.4 is 0 Å². The summed E-state index contributed by atoms with van der Waals surface area (Å²) in [4.78, 5) is 2.16. The molecule has 6 nitrogen and oxygen atoms in total. The molecule has 0 saturated heterocycles. The van der Waals surface area contributed by atoms with Gasteiger partial charge in [-0.05, 0) is 17.7 Å². The molecule has 0 fully saturated rings. The van der Waals surface area contributed by atoms with Gasteiger partial charge in [-0.15, -0.1) is 10.2 Å². The number of aliphatic hydroxyl groups is 1. The first-order valence-electron chi connectivity index (χ1n) is 6.53. The first-order valence-corrected chi connectivity index (χ1v) is 6.53. The fourth-order valence-electron chi connectivity index (χ4n) is 2.40. The molecule has 0 saturated carbocycles. The van der Waals surface area contributed by atoms with E-state index in [1.54, 1.807) is 30.6 Å². The number of β-amino-alcohol motifs (C(OH)–C–C–N with tert-alkyl or cyclic N) is 1. The van der Waals surface area contributed by atoms with Crippen LogP contribution in [0.1, 0.15) is 23.1 Å². The van der Waals surface area contributed by atoms with Crippen LogP contribution in [0, 0.1) is 11.3 Å². The van der Waals surface area contributed by atoms with E-state index < -0.39 is 6.10 Å². The van der Waals surface area contributed by atoms with Crippen LogP contribution in [0.4, 0.5) is 0 Å². The van der Waals surface area contributed by atoms with Crippen LogP contribution in [0.3, 0.4) is 0 Å². The summed E-state index contributed by atoms with van der Waals surface area (Å²) in [7, 11) is 0. The lowest BCUT2D eigenvalue weighted by molar-refractivity contribution is 0.0962. The van der Waals surface area contributed by atoms with E-state index in [9.17, 15) is 5.11 Å². The molecule has 2 aromatic rings. The second kappa shape index (κ2) is 5.41. The van der Waals surface area contributed by atoms with Crippen molar-refractivity contribution in [3.8, 4) is 6.07 Å². The van der Waals surface area contributed by atoms with E-state index in [-0.39, 0.29) is 0 Å². The third-order valence-corrected chi connectivity index (χ3v) is 3.57. The Bertz CT molecular complexity index is 628. The second-order valence-electron chi connectivity index (χ2n) is 4.93. The second-order valence-corrected chi connectivity index (χ2v) is 4.93. The maximum Gasteiger partial charge on any atom is 0.147 e. The number of hydrogen-bond acceptors (Lipinski definition) is 5. The van der Waals surface area contributed by atoms with Gasteiger partial charge in [-0.25, -0.2) is 0 Å². The zero-order valence-corrected chi connectivity index (χ0v) is 11.0. The molecule has 0 bridgehead atoms. The van der Waals surface area contributed by atoms with Gasteiger partial charge in [0.05, 0.1) is 24.3 Å². The molecular weight excluding hydrogens is 254 g/mol. The number of aliphatic hydroxyl groups excluding tert-OH is 1. The number of aromatic nitrogens is 3. The Hall–Kier alpha value is -2.23.